The smallest absolute Gasteiger partial charge is 0.191 e. The van der Waals surface area contributed by atoms with Gasteiger partial charge in [0, 0.05) is 56.8 Å². The van der Waals surface area contributed by atoms with Crippen LogP contribution in [-0.4, -0.2) is 84.1 Å². The lowest BCUT2D eigenvalue weighted by atomic mass is 9.95. The summed E-state index contributed by atoms with van der Waals surface area (Å²) < 4.78 is 7.63. The minimum Gasteiger partial charge on any atom is -0.379 e. The Morgan fingerprint density at radius 3 is 2.78 bits per heavy atom. The number of rotatable bonds is 7. The van der Waals surface area contributed by atoms with Gasteiger partial charge in [0.25, 0.3) is 0 Å². The normalized spacial score (nSPS) is 24.3. The Morgan fingerprint density at radius 2 is 2.15 bits per heavy atom. The highest BCUT2D eigenvalue weighted by atomic mass is 32.2. The van der Waals surface area contributed by atoms with Gasteiger partial charge < -0.3 is 15.4 Å². The number of hydrogen-bond acceptors (Lipinski definition) is 5. The zero-order valence-corrected chi connectivity index (χ0v) is 17.8. The molecule has 0 aromatic carbocycles. The molecule has 0 spiro atoms. The molecule has 0 amide bonds. The molecule has 3 heterocycles. The molecule has 1 atom stereocenters. The fraction of sp³-hybridized carbons (Fsp3) is 0.789. The highest BCUT2D eigenvalue weighted by Gasteiger charge is 2.40. The molecule has 0 radical (unpaired) electrons. The first-order valence-corrected chi connectivity index (χ1v) is 11.1. The third-order valence-corrected chi connectivity index (χ3v) is 6.75. The number of aromatic nitrogens is 2. The van der Waals surface area contributed by atoms with E-state index in [1.54, 1.807) is 0 Å². The molecular formula is C19H34N6OS. The second-order valence-electron chi connectivity index (χ2n) is 7.48. The first-order chi connectivity index (χ1) is 13.1. The van der Waals surface area contributed by atoms with Gasteiger partial charge in [-0.1, -0.05) is 0 Å². The molecule has 1 aromatic rings. The van der Waals surface area contributed by atoms with Crippen LogP contribution >= 0.6 is 11.8 Å². The van der Waals surface area contributed by atoms with Crippen LogP contribution in [0, 0.1) is 13.8 Å². The van der Waals surface area contributed by atoms with Gasteiger partial charge in [0.1, 0.15) is 0 Å². The summed E-state index contributed by atoms with van der Waals surface area (Å²) in [6, 6.07) is 2.12. The van der Waals surface area contributed by atoms with Crippen molar-refractivity contribution in [2.75, 3.05) is 57.9 Å². The molecular weight excluding hydrogens is 360 g/mol. The van der Waals surface area contributed by atoms with Crippen molar-refractivity contribution in [2.45, 2.75) is 38.8 Å². The molecule has 1 aromatic heterocycles. The van der Waals surface area contributed by atoms with Crippen LogP contribution in [0.3, 0.4) is 0 Å². The maximum atomic E-state index is 5.55. The fourth-order valence-corrected chi connectivity index (χ4v) is 5.42. The van der Waals surface area contributed by atoms with E-state index in [9.17, 15) is 0 Å². The van der Waals surface area contributed by atoms with Crippen molar-refractivity contribution in [2.24, 2.45) is 4.99 Å². The quantitative estimate of drug-likeness (QED) is 0.412. The summed E-state index contributed by atoms with van der Waals surface area (Å²) in [4.78, 5) is 7.04. The van der Waals surface area contributed by atoms with E-state index in [2.05, 4.69) is 55.1 Å². The Bertz CT molecular complexity index is 620. The molecule has 2 aliphatic heterocycles. The highest BCUT2D eigenvalue weighted by Crippen LogP contribution is 2.33. The van der Waals surface area contributed by atoms with Crippen LogP contribution in [0.15, 0.2) is 11.1 Å². The molecule has 152 valence electrons. The maximum Gasteiger partial charge on any atom is 0.191 e. The van der Waals surface area contributed by atoms with Crippen LogP contribution in [0.25, 0.3) is 0 Å². The monoisotopic (exact) mass is 394 g/mol. The van der Waals surface area contributed by atoms with Crippen molar-refractivity contribution < 1.29 is 4.74 Å². The largest absolute Gasteiger partial charge is 0.379 e. The molecule has 2 aliphatic rings. The van der Waals surface area contributed by atoms with E-state index in [4.69, 9.17) is 4.74 Å². The van der Waals surface area contributed by atoms with Crippen molar-refractivity contribution in [1.82, 2.24) is 25.3 Å². The summed E-state index contributed by atoms with van der Waals surface area (Å²) in [5, 5.41) is 11.6. The predicted octanol–water partition coefficient (Wildman–Crippen LogP) is 1.26. The zero-order chi connectivity index (χ0) is 19.1. The molecule has 1 unspecified atom stereocenters. The molecule has 27 heavy (non-hydrogen) atoms. The number of aliphatic imine (C=N–C) groups is 1. The van der Waals surface area contributed by atoms with Crippen molar-refractivity contribution in [3.8, 4) is 0 Å². The number of guanidine groups is 1. The van der Waals surface area contributed by atoms with E-state index in [-0.39, 0.29) is 5.54 Å². The first kappa shape index (κ1) is 20.5. The highest BCUT2D eigenvalue weighted by molar-refractivity contribution is 7.99. The lowest BCUT2D eigenvalue weighted by Gasteiger charge is -2.43. The number of nitrogens with one attached hydrogen (secondary N) is 2. The molecule has 0 bridgehead atoms. The molecule has 2 fully saturated rings. The summed E-state index contributed by atoms with van der Waals surface area (Å²) in [7, 11) is 1.85. The maximum absolute atomic E-state index is 5.55. The Kier molecular flexibility index (Phi) is 7.43. The van der Waals surface area contributed by atoms with Crippen LogP contribution in [0.4, 0.5) is 0 Å². The van der Waals surface area contributed by atoms with Gasteiger partial charge in [-0.05, 0) is 38.5 Å². The van der Waals surface area contributed by atoms with E-state index in [1.165, 1.54) is 23.6 Å². The van der Waals surface area contributed by atoms with Gasteiger partial charge in [-0.25, -0.2) is 0 Å². The topological polar surface area (TPSA) is 66.7 Å². The number of nitrogens with zero attached hydrogens (tertiary/aromatic N) is 4. The number of thioether (sulfide) groups is 1. The molecule has 2 saturated heterocycles. The first-order valence-electron chi connectivity index (χ1n) is 9.99. The van der Waals surface area contributed by atoms with Gasteiger partial charge in [0.2, 0.25) is 0 Å². The summed E-state index contributed by atoms with van der Waals surface area (Å²) >= 11 is 2.06. The van der Waals surface area contributed by atoms with E-state index >= 15 is 0 Å². The molecule has 0 saturated carbocycles. The van der Waals surface area contributed by atoms with Crippen molar-refractivity contribution >= 4 is 17.7 Å². The Morgan fingerprint density at radius 1 is 1.33 bits per heavy atom. The van der Waals surface area contributed by atoms with Gasteiger partial charge in [-0.15, -0.1) is 0 Å². The number of hydrogen-bond donors (Lipinski definition) is 2. The third kappa shape index (κ3) is 5.39. The standard InChI is InChI=1S/C19H34N6OS/c1-16-13-17(2)25(23-16)7-4-6-21-18(20-3)22-14-19(5-12-27-15-19)24-8-10-26-11-9-24/h13H,4-12,14-15H2,1-3H3,(H2,20,21,22). The number of ether oxygens (including phenoxy) is 1. The Labute approximate surface area is 167 Å². The lowest BCUT2D eigenvalue weighted by molar-refractivity contribution is -0.0120. The summed E-state index contributed by atoms with van der Waals surface area (Å²) in [5.41, 5.74) is 2.54. The van der Waals surface area contributed by atoms with Crippen LogP contribution in [0.5, 0.6) is 0 Å². The fourth-order valence-electron chi connectivity index (χ4n) is 3.94. The average Bonchev–Trinajstić information content (AvgIpc) is 3.29. The zero-order valence-electron chi connectivity index (χ0n) is 17.0. The van der Waals surface area contributed by atoms with Crippen LogP contribution < -0.4 is 10.6 Å². The summed E-state index contributed by atoms with van der Waals surface area (Å²) in [6.07, 6.45) is 2.26. The minimum absolute atomic E-state index is 0.232. The van der Waals surface area contributed by atoms with Crippen LogP contribution in [0.1, 0.15) is 24.2 Å². The second-order valence-corrected chi connectivity index (χ2v) is 8.59. The van der Waals surface area contributed by atoms with Gasteiger partial charge in [-0.2, -0.15) is 16.9 Å². The summed E-state index contributed by atoms with van der Waals surface area (Å²) in [5.74, 6) is 3.33. The van der Waals surface area contributed by atoms with Crippen molar-refractivity contribution in [1.29, 1.82) is 0 Å². The lowest BCUT2D eigenvalue weighted by Crippen LogP contribution is -2.60. The van der Waals surface area contributed by atoms with Crippen LogP contribution in [0.2, 0.25) is 0 Å². The summed E-state index contributed by atoms with van der Waals surface area (Å²) in [6.45, 7) is 10.7. The Balaban J connectivity index is 1.44. The van der Waals surface area contributed by atoms with E-state index in [0.717, 1.165) is 64.0 Å². The predicted molar refractivity (Wildman–Crippen MR) is 113 cm³/mol. The molecule has 8 heteroatoms. The SMILES string of the molecule is CN=C(NCCCn1nc(C)cc1C)NCC1(N2CCOCC2)CCSC1. The van der Waals surface area contributed by atoms with Crippen LogP contribution in [-0.2, 0) is 11.3 Å². The van der Waals surface area contributed by atoms with E-state index in [1.807, 2.05) is 14.0 Å². The van der Waals surface area contributed by atoms with Crippen molar-refractivity contribution in [3.63, 3.8) is 0 Å². The van der Waals surface area contributed by atoms with Gasteiger partial charge >= 0.3 is 0 Å². The average molecular weight is 395 g/mol. The second kappa shape index (κ2) is 9.80. The van der Waals surface area contributed by atoms with Gasteiger partial charge in [0.05, 0.1) is 18.9 Å². The molecule has 2 N–H and O–H groups in total. The molecule has 7 nitrogen and oxygen atoms in total. The number of aryl methyl sites for hydroxylation is 3. The Hall–Kier alpha value is -1.25. The minimum atomic E-state index is 0.232. The van der Waals surface area contributed by atoms with Crippen molar-refractivity contribution in [3.05, 3.63) is 17.5 Å². The van der Waals surface area contributed by atoms with E-state index < -0.39 is 0 Å². The van der Waals surface area contributed by atoms with Gasteiger partial charge in [0.15, 0.2) is 5.96 Å². The molecule has 3 rings (SSSR count). The molecule has 0 aliphatic carbocycles. The third-order valence-electron chi connectivity index (χ3n) is 5.52. The van der Waals surface area contributed by atoms with E-state index in [0.29, 0.717) is 0 Å². The number of morpholine rings is 1. The van der Waals surface area contributed by atoms with Gasteiger partial charge in [-0.3, -0.25) is 14.6 Å².